The lowest BCUT2D eigenvalue weighted by Crippen LogP contribution is -2.17. The van der Waals surface area contributed by atoms with Crippen molar-refractivity contribution in [3.05, 3.63) is 94.8 Å². The van der Waals surface area contributed by atoms with Gasteiger partial charge >= 0.3 is 0 Å². The Labute approximate surface area is 220 Å². The van der Waals surface area contributed by atoms with Gasteiger partial charge in [0.2, 0.25) is 0 Å². The van der Waals surface area contributed by atoms with Crippen LogP contribution in [-0.2, 0) is 6.42 Å². The summed E-state index contributed by atoms with van der Waals surface area (Å²) in [5.74, 6) is 3.27. The Balaban J connectivity index is 0.000000154. The fraction of sp³-hybridized carbons (Fsp3) is 0.394. The Morgan fingerprint density at radius 1 is 0.892 bits per heavy atom. The predicted molar refractivity (Wildman–Crippen MR) is 147 cm³/mol. The minimum Gasteiger partial charge on any atom is -0.497 e. The fourth-order valence-electron chi connectivity index (χ4n) is 6.18. The summed E-state index contributed by atoms with van der Waals surface area (Å²) in [6.07, 6.45) is 12.5. The molecule has 0 amide bonds. The van der Waals surface area contributed by atoms with Gasteiger partial charge in [0.25, 0.3) is 0 Å². The summed E-state index contributed by atoms with van der Waals surface area (Å²) in [5.41, 5.74) is 5.54. The zero-order valence-electron chi connectivity index (χ0n) is 21.7. The molecule has 0 N–H and O–H groups in total. The third-order valence-electron chi connectivity index (χ3n) is 8.12. The number of methoxy groups -OCH3 is 1. The lowest BCUT2D eigenvalue weighted by molar-refractivity contribution is 0.253. The van der Waals surface area contributed by atoms with Gasteiger partial charge in [0.15, 0.2) is 0 Å². The highest BCUT2D eigenvalue weighted by atomic mass is 19.1. The molecular weight excluding hydrogens is 461 g/mol. The number of terminal acetylenes is 1. The summed E-state index contributed by atoms with van der Waals surface area (Å²) in [6.45, 7) is 2.64. The second-order valence-electron chi connectivity index (χ2n) is 10.4. The van der Waals surface area contributed by atoms with Gasteiger partial charge in [-0.3, -0.25) is 0 Å². The van der Waals surface area contributed by atoms with Crippen LogP contribution >= 0.6 is 0 Å². The first kappa shape index (κ1) is 25.2. The number of hydrogen-bond donors (Lipinski definition) is 0. The van der Waals surface area contributed by atoms with E-state index >= 15 is 0 Å². The van der Waals surface area contributed by atoms with Crippen LogP contribution in [0.3, 0.4) is 0 Å². The van der Waals surface area contributed by atoms with Crippen molar-refractivity contribution < 1.29 is 13.9 Å². The molecule has 1 heterocycles. The molecule has 4 heteroatoms. The van der Waals surface area contributed by atoms with Crippen LogP contribution in [-0.4, -0.2) is 31.7 Å². The highest BCUT2D eigenvalue weighted by molar-refractivity contribution is 5.45. The van der Waals surface area contributed by atoms with Gasteiger partial charge in [0.1, 0.15) is 17.3 Å². The van der Waals surface area contributed by atoms with Crippen LogP contribution < -0.4 is 9.47 Å². The smallest absolute Gasteiger partial charge is 0.123 e. The van der Waals surface area contributed by atoms with E-state index in [1.54, 1.807) is 19.2 Å². The van der Waals surface area contributed by atoms with E-state index in [1.165, 1.54) is 47.9 Å². The maximum absolute atomic E-state index is 13.7. The van der Waals surface area contributed by atoms with Crippen LogP contribution in [0.4, 0.5) is 4.39 Å². The Kier molecular flexibility index (Phi) is 7.99. The molecule has 6 rings (SSSR count). The summed E-state index contributed by atoms with van der Waals surface area (Å²) >= 11 is 0. The normalized spacial score (nSPS) is 21.8. The topological polar surface area (TPSA) is 21.7 Å². The standard InChI is InChI=1S/C19H19F.C14H17NO2/c20-15-10-9-14-11-13-5-1-2-6-16(13)17-7-3-4-8-18(17)19(14)12-15;1-3-15-9-8-12(10-15)11-17-14-6-4-13(16-2)5-7-14/h1-2,5-6,9-10,12,17-18H,3-4,7-8,11H2;1,4-7,12H,8-11H2,2H3/t17-,18?;/m1./s1. The van der Waals surface area contributed by atoms with E-state index in [0.717, 1.165) is 44.0 Å². The average Bonchev–Trinajstić information content (AvgIpc) is 3.37. The highest BCUT2D eigenvalue weighted by Crippen LogP contribution is 2.48. The number of likely N-dealkylation sites (tertiary alicyclic amines) is 1. The van der Waals surface area contributed by atoms with Crippen LogP contribution in [0, 0.1) is 24.2 Å². The molecule has 37 heavy (non-hydrogen) atoms. The van der Waals surface area contributed by atoms with Gasteiger partial charge in [-0.15, -0.1) is 0 Å². The summed E-state index contributed by atoms with van der Waals surface area (Å²) < 4.78 is 24.5. The molecule has 2 unspecified atom stereocenters. The highest BCUT2D eigenvalue weighted by Gasteiger charge is 2.33. The molecule has 3 aromatic carbocycles. The van der Waals surface area contributed by atoms with E-state index in [0.29, 0.717) is 17.8 Å². The molecule has 0 aromatic heterocycles. The van der Waals surface area contributed by atoms with Gasteiger partial charge in [-0.05, 0) is 96.2 Å². The monoisotopic (exact) mass is 497 g/mol. The SMILES string of the molecule is C#CN1CCC(COc2ccc(OC)cc2)C1.Fc1ccc2c(c1)C1CCCC[C@@H]1c1ccccc1C2. The van der Waals surface area contributed by atoms with Gasteiger partial charge in [0.05, 0.1) is 13.7 Å². The lowest BCUT2D eigenvalue weighted by atomic mass is 9.72. The number of ether oxygens (including phenoxy) is 2. The van der Waals surface area contributed by atoms with E-state index in [4.69, 9.17) is 15.9 Å². The van der Waals surface area contributed by atoms with Crippen molar-refractivity contribution in [3.8, 4) is 24.0 Å². The zero-order valence-corrected chi connectivity index (χ0v) is 21.7. The van der Waals surface area contributed by atoms with Crippen molar-refractivity contribution in [3.63, 3.8) is 0 Å². The molecule has 3 aromatic rings. The lowest BCUT2D eigenvalue weighted by Gasteiger charge is -2.32. The van der Waals surface area contributed by atoms with Gasteiger partial charge in [-0.1, -0.05) is 49.6 Å². The van der Waals surface area contributed by atoms with E-state index in [1.807, 2.05) is 35.2 Å². The maximum Gasteiger partial charge on any atom is 0.123 e. The minimum absolute atomic E-state index is 0.0842. The molecule has 2 aliphatic carbocycles. The van der Waals surface area contributed by atoms with Gasteiger partial charge in [-0.25, -0.2) is 4.39 Å². The molecule has 1 aliphatic heterocycles. The predicted octanol–water partition coefficient (Wildman–Crippen LogP) is 7.16. The van der Waals surface area contributed by atoms with E-state index in [-0.39, 0.29) is 5.82 Å². The number of fused-ring (bicyclic) bond motifs is 5. The second kappa shape index (κ2) is 11.7. The maximum atomic E-state index is 13.7. The molecule has 2 fully saturated rings. The van der Waals surface area contributed by atoms with Gasteiger partial charge < -0.3 is 14.4 Å². The Bertz CT molecular complexity index is 1230. The van der Waals surface area contributed by atoms with Crippen molar-refractivity contribution in [1.82, 2.24) is 4.90 Å². The quantitative estimate of drug-likeness (QED) is 0.357. The molecule has 3 nitrogen and oxygen atoms in total. The Hall–Kier alpha value is -3.45. The molecule has 1 saturated carbocycles. The number of nitrogens with zero attached hydrogens (tertiary/aromatic N) is 1. The van der Waals surface area contributed by atoms with Crippen LogP contribution in [0.1, 0.15) is 66.2 Å². The first-order valence-electron chi connectivity index (χ1n) is 13.5. The van der Waals surface area contributed by atoms with Gasteiger partial charge in [0, 0.05) is 25.1 Å². The largest absolute Gasteiger partial charge is 0.497 e. The molecule has 0 spiro atoms. The number of rotatable bonds is 4. The summed E-state index contributed by atoms with van der Waals surface area (Å²) in [7, 11) is 1.66. The summed E-state index contributed by atoms with van der Waals surface area (Å²) in [6, 6.07) is 24.6. The van der Waals surface area contributed by atoms with Crippen molar-refractivity contribution in [2.24, 2.45) is 5.92 Å². The first-order chi connectivity index (χ1) is 18.1. The number of benzene rings is 3. The molecule has 1 saturated heterocycles. The van der Waals surface area contributed by atoms with Crippen molar-refractivity contribution in [1.29, 1.82) is 0 Å². The third kappa shape index (κ3) is 5.93. The average molecular weight is 498 g/mol. The van der Waals surface area contributed by atoms with Crippen LogP contribution in [0.25, 0.3) is 0 Å². The van der Waals surface area contributed by atoms with E-state index in [9.17, 15) is 4.39 Å². The molecule has 0 bridgehead atoms. The fourth-order valence-corrected chi connectivity index (χ4v) is 6.18. The van der Waals surface area contributed by atoms with Crippen LogP contribution in [0.5, 0.6) is 11.5 Å². The van der Waals surface area contributed by atoms with Crippen molar-refractivity contribution >= 4 is 0 Å². The summed E-state index contributed by atoms with van der Waals surface area (Å²) in [5, 5.41) is 0. The Morgan fingerprint density at radius 3 is 2.32 bits per heavy atom. The van der Waals surface area contributed by atoms with E-state index in [2.05, 4.69) is 30.3 Å². The third-order valence-corrected chi connectivity index (χ3v) is 8.12. The van der Waals surface area contributed by atoms with Crippen molar-refractivity contribution in [2.45, 2.75) is 50.4 Å². The van der Waals surface area contributed by atoms with Gasteiger partial charge in [-0.2, -0.15) is 0 Å². The Morgan fingerprint density at radius 2 is 1.59 bits per heavy atom. The number of halogens is 1. The minimum atomic E-state index is -0.0842. The summed E-state index contributed by atoms with van der Waals surface area (Å²) in [4.78, 5) is 2.00. The molecule has 192 valence electrons. The van der Waals surface area contributed by atoms with Crippen LogP contribution in [0.2, 0.25) is 0 Å². The molecular formula is C33H36FNO2. The first-order valence-corrected chi connectivity index (χ1v) is 13.5. The molecule has 0 radical (unpaired) electrons. The van der Waals surface area contributed by atoms with E-state index < -0.39 is 0 Å². The number of hydrogen-bond acceptors (Lipinski definition) is 3. The molecule has 3 atom stereocenters. The van der Waals surface area contributed by atoms with Crippen molar-refractivity contribution in [2.75, 3.05) is 26.8 Å². The van der Waals surface area contributed by atoms with Crippen LogP contribution in [0.15, 0.2) is 66.7 Å². The molecule has 3 aliphatic rings. The zero-order chi connectivity index (χ0) is 25.6. The second-order valence-corrected chi connectivity index (χ2v) is 10.4.